The van der Waals surface area contributed by atoms with Gasteiger partial charge in [-0.25, -0.2) is 8.78 Å². The second kappa shape index (κ2) is 2.09. The Balaban J connectivity index is 2.58. The maximum absolute atomic E-state index is 12.4. The quantitative estimate of drug-likeness (QED) is 0.444. The van der Waals surface area contributed by atoms with E-state index >= 15 is 0 Å². The average molecular weight is 132 g/mol. The Labute approximate surface area is 53.6 Å². The van der Waals surface area contributed by atoms with Crippen LogP contribution in [0.3, 0.4) is 0 Å². The molecular formula is C7H10F2. The molecule has 0 saturated carbocycles. The highest BCUT2D eigenvalue weighted by atomic mass is 19.3. The van der Waals surface area contributed by atoms with Crippen LogP contribution in [-0.2, 0) is 0 Å². The van der Waals surface area contributed by atoms with Crippen molar-refractivity contribution in [2.75, 3.05) is 0 Å². The van der Waals surface area contributed by atoms with Gasteiger partial charge in [0.05, 0.1) is 0 Å². The summed E-state index contributed by atoms with van der Waals surface area (Å²) in [6.45, 7) is 1.81. The average Bonchev–Trinajstić information content (AvgIpc) is 1.60. The van der Waals surface area contributed by atoms with E-state index in [1.165, 1.54) is 0 Å². The molecule has 0 radical (unpaired) electrons. The first kappa shape index (κ1) is 6.72. The van der Waals surface area contributed by atoms with Crippen molar-refractivity contribution in [2.45, 2.75) is 25.7 Å². The molecule has 0 N–H and O–H groups in total. The standard InChI is InChI=1S/C7H10F2/c1-6-3-2-4-7(8,9)5-6/h2-3,6H,4-5H2,1H3. The van der Waals surface area contributed by atoms with Crippen molar-refractivity contribution in [3.05, 3.63) is 12.2 Å². The SMILES string of the molecule is CC1C=CCC(F)(F)C1. The van der Waals surface area contributed by atoms with Gasteiger partial charge in [0.2, 0.25) is 0 Å². The van der Waals surface area contributed by atoms with E-state index in [9.17, 15) is 8.78 Å². The van der Waals surface area contributed by atoms with Gasteiger partial charge in [-0.15, -0.1) is 0 Å². The Morgan fingerprint density at radius 3 is 2.56 bits per heavy atom. The van der Waals surface area contributed by atoms with Crippen LogP contribution in [0, 0.1) is 5.92 Å². The minimum Gasteiger partial charge on any atom is -0.207 e. The van der Waals surface area contributed by atoms with E-state index in [0.29, 0.717) is 0 Å². The molecule has 1 atom stereocenters. The zero-order valence-corrected chi connectivity index (χ0v) is 5.40. The Bertz CT molecular complexity index is 127. The lowest BCUT2D eigenvalue weighted by molar-refractivity contribution is -0.0178. The van der Waals surface area contributed by atoms with Gasteiger partial charge in [-0.3, -0.25) is 0 Å². The van der Waals surface area contributed by atoms with Gasteiger partial charge in [-0.05, 0) is 5.92 Å². The predicted octanol–water partition coefficient (Wildman–Crippen LogP) is 2.61. The smallest absolute Gasteiger partial charge is 0.207 e. The van der Waals surface area contributed by atoms with Crippen molar-refractivity contribution >= 4 is 0 Å². The Morgan fingerprint density at radius 1 is 1.56 bits per heavy atom. The van der Waals surface area contributed by atoms with Crippen molar-refractivity contribution in [1.29, 1.82) is 0 Å². The second-order valence-corrected chi connectivity index (χ2v) is 2.67. The van der Waals surface area contributed by atoms with E-state index in [-0.39, 0.29) is 18.8 Å². The molecule has 1 aliphatic rings. The van der Waals surface area contributed by atoms with E-state index in [1.807, 2.05) is 13.0 Å². The van der Waals surface area contributed by atoms with Crippen LogP contribution in [0.4, 0.5) is 8.78 Å². The summed E-state index contributed by atoms with van der Waals surface area (Å²) in [6.07, 6.45) is 3.35. The lowest BCUT2D eigenvalue weighted by Crippen LogP contribution is -2.20. The van der Waals surface area contributed by atoms with Crippen molar-refractivity contribution in [3.8, 4) is 0 Å². The van der Waals surface area contributed by atoms with Crippen LogP contribution in [0.2, 0.25) is 0 Å². The molecule has 0 nitrogen and oxygen atoms in total. The van der Waals surface area contributed by atoms with Gasteiger partial charge in [-0.2, -0.15) is 0 Å². The van der Waals surface area contributed by atoms with Crippen LogP contribution in [0.25, 0.3) is 0 Å². The summed E-state index contributed by atoms with van der Waals surface area (Å²) >= 11 is 0. The molecule has 0 aliphatic heterocycles. The van der Waals surface area contributed by atoms with Crippen LogP contribution >= 0.6 is 0 Å². The van der Waals surface area contributed by atoms with Crippen molar-refractivity contribution < 1.29 is 8.78 Å². The van der Waals surface area contributed by atoms with Crippen LogP contribution < -0.4 is 0 Å². The lowest BCUT2D eigenvalue weighted by Gasteiger charge is -2.21. The second-order valence-electron chi connectivity index (χ2n) is 2.67. The molecule has 1 rings (SSSR count). The van der Waals surface area contributed by atoms with E-state index in [1.54, 1.807) is 6.08 Å². The minimum atomic E-state index is -2.44. The van der Waals surface area contributed by atoms with Gasteiger partial charge < -0.3 is 0 Å². The molecule has 0 aromatic heterocycles. The summed E-state index contributed by atoms with van der Waals surface area (Å²) in [5.74, 6) is -2.39. The molecule has 9 heavy (non-hydrogen) atoms. The molecule has 2 heteroatoms. The third kappa shape index (κ3) is 1.77. The lowest BCUT2D eigenvalue weighted by atomic mass is 9.95. The van der Waals surface area contributed by atoms with E-state index < -0.39 is 5.92 Å². The third-order valence-corrected chi connectivity index (χ3v) is 1.50. The number of hydrogen-bond acceptors (Lipinski definition) is 0. The van der Waals surface area contributed by atoms with Gasteiger partial charge in [-0.1, -0.05) is 19.1 Å². The molecular weight excluding hydrogens is 122 g/mol. The Morgan fingerprint density at radius 2 is 2.22 bits per heavy atom. The summed E-state index contributed by atoms with van der Waals surface area (Å²) in [5, 5.41) is 0. The fourth-order valence-corrected chi connectivity index (χ4v) is 1.10. The summed E-state index contributed by atoms with van der Waals surface area (Å²) < 4.78 is 24.8. The first-order valence-electron chi connectivity index (χ1n) is 3.15. The maximum Gasteiger partial charge on any atom is 0.252 e. The van der Waals surface area contributed by atoms with Gasteiger partial charge in [0.15, 0.2) is 0 Å². The molecule has 1 unspecified atom stereocenters. The number of halogens is 2. The highest BCUT2D eigenvalue weighted by Gasteiger charge is 2.31. The summed E-state index contributed by atoms with van der Waals surface area (Å²) in [5.41, 5.74) is 0. The molecule has 1 aliphatic carbocycles. The fraction of sp³-hybridized carbons (Fsp3) is 0.714. The first-order valence-corrected chi connectivity index (χ1v) is 3.15. The third-order valence-electron chi connectivity index (χ3n) is 1.50. The van der Waals surface area contributed by atoms with Gasteiger partial charge in [0, 0.05) is 12.8 Å². The zero-order chi connectivity index (χ0) is 6.91. The van der Waals surface area contributed by atoms with Crippen molar-refractivity contribution in [2.24, 2.45) is 5.92 Å². The molecule has 0 bridgehead atoms. The largest absolute Gasteiger partial charge is 0.252 e. The fourth-order valence-electron chi connectivity index (χ4n) is 1.10. The van der Waals surface area contributed by atoms with Gasteiger partial charge in [0.25, 0.3) is 5.92 Å². The normalized spacial score (nSPS) is 32.6. The van der Waals surface area contributed by atoms with Gasteiger partial charge >= 0.3 is 0 Å². The summed E-state index contributed by atoms with van der Waals surface area (Å²) in [6, 6.07) is 0. The minimum absolute atomic E-state index is 0.0174. The Kier molecular flexibility index (Phi) is 1.56. The number of rotatable bonds is 0. The van der Waals surface area contributed by atoms with Crippen LogP contribution in [0.1, 0.15) is 19.8 Å². The Hall–Kier alpha value is -0.400. The molecule has 52 valence electrons. The van der Waals surface area contributed by atoms with Crippen LogP contribution in [0.5, 0.6) is 0 Å². The molecule has 0 aromatic rings. The maximum atomic E-state index is 12.4. The zero-order valence-electron chi connectivity index (χ0n) is 5.40. The number of hydrogen-bond donors (Lipinski definition) is 0. The first-order chi connectivity index (χ1) is 4.10. The highest BCUT2D eigenvalue weighted by molar-refractivity contribution is 4.97. The molecule has 0 amide bonds. The molecule has 0 aromatic carbocycles. The van der Waals surface area contributed by atoms with Crippen molar-refractivity contribution in [1.82, 2.24) is 0 Å². The molecule has 0 saturated heterocycles. The monoisotopic (exact) mass is 132 g/mol. The van der Waals surface area contributed by atoms with Crippen LogP contribution in [-0.4, -0.2) is 5.92 Å². The molecule has 0 fully saturated rings. The van der Waals surface area contributed by atoms with E-state index in [0.717, 1.165) is 0 Å². The number of allylic oxidation sites excluding steroid dienone is 2. The highest BCUT2D eigenvalue weighted by Crippen LogP contribution is 2.31. The number of alkyl halides is 2. The summed E-state index contributed by atoms with van der Waals surface area (Å²) in [7, 11) is 0. The van der Waals surface area contributed by atoms with Crippen LogP contribution in [0.15, 0.2) is 12.2 Å². The molecule has 0 spiro atoms. The predicted molar refractivity (Wildman–Crippen MR) is 32.5 cm³/mol. The van der Waals surface area contributed by atoms with Crippen molar-refractivity contribution in [3.63, 3.8) is 0 Å². The molecule has 0 heterocycles. The van der Waals surface area contributed by atoms with Gasteiger partial charge in [0.1, 0.15) is 0 Å². The van der Waals surface area contributed by atoms with E-state index in [4.69, 9.17) is 0 Å². The van der Waals surface area contributed by atoms with E-state index in [2.05, 4.69) is 0 Å². The summed E-state index contributed by atoms with van der Waals surface area (Å²) in [4.78, 5) is 0. The topological polar surface area (TPSA) is 0 Å².